The van der Waals surface area contributed by atoms with Crippen LogP contribution in [0.3, 0.4) is 0 Å². The molecule has 6 nitrogen and oxygen atoms in total. The molecule has 0 bridgehead atoms. The summed E-state index contributed by atoms with van der Waals surface area (Å²) in [6, 6.07) is 5.41. The second kappa shape index (κ2) is 5.31. The summed E-state index contributed by atoms with van der Waals surface area (Å²) in [5.74, 6) is 0.700. The summed E-state index contributed by atoms with van der Waals surface area (Å²) in [7, 11) is -3.66. The highest BCUT2D eigenvalue weighted by Crippen LogP contribution is 2.34. The lowest BCUT2D eigenvalue weighted by Crippen LogP contribution is -2.36. The largest absolute Gasteiger partial charge is 0.398 e. The highest BCUT2D eigenvalue weighted by atomic mass is 32.2. The van der Waals surface area contributed by atoms with E-state index in [0.29, 0.717) is 30.3 Å². The quantitative estimate of drug-likeness (QED) is 0.876. The summed E-state index contributed by atoms with van der Waals surface area (Å²) < 4.78 is 29.2. The first kappa shape index (κ1) is 14.9. The van der Waals surface area contributed by atoms with Crippen LogP contribution in [0.2, 0.25) is 0 Å². The van der Waals surface area contributed by atoms with Crippen LogP contribution >= 0.6 is 0 Å². The van der Waals surface area contributed by atoms with E-state index in [0.717, 1.165) is 18.4 Å². The lowest BCUT2D eigenvalue weighted by Gasteiger charge is -2.30. The van der Waals surface area contributed by atoms with E-state index in [2.05, 4.69) is 4.98 Å². The molecule has 2 heterocycles. The number of nitrogen functional groups attached to an aromatic ring is 1. The Hall–Kier alpha value is -2.02. The molecule has 0 spiro atoms. The van der Waals surface area contributed by atoms with Gasteiger partial charge in [0, 0.05) is 25.0 Å². The third kappa shape index (κ3) is 2.25. The van der Waals surface area contributed by atoms with E-state index in [1.807, 2.05) is 30.5 Å². The van der Waals surface area contributed by atoms with Gasteiger partial charge in [0.2, 0.25) is 0 Å². The molecule has 1 aliphatic rings. The van der Waals surface area contributed by atoms with Gasteiger partial charge in [0.15, 0.2) is 5.03 Å². The monoisotopic (exact) mass is 320 g/mol. The van der Waals surface area contributed by atoms with E-state index < -0.39 is 10.0 Å². The molecule has 0 radical (unpaired) electrons. The van der Waals surface area contributed by atoms with Gasteiger partial charge in [-0.1, -0.05) is 6.07 Å². The molecule has 0 amide bonds. The van der Waals surface area contributed by atoms with Crippen LogP contribution in [0, 0.1) is 6.92 Å². The van der Waals surface area contributed by atoms with Crippen LogP contribution in [0.1, 0.15) is 24.7 Å². The highest BCUT2D eigenvalue weighted by Gasteiger charge is 2.31. The minimum absolute atomic E-state index is 0.0992. The van der Waals surface area contributed by atoms with Crippen LogP contribution in [0.5, 0.6) is 0 Å². The molecule has 0 saturated carbocycles. The number of imidazole rings is 1. The number of sulfonamides is 1. The van der Waals surface area contributed by atoms with Gasteiger partial charge >= 0.3 is 0 Å². The summed E-state index contributed by atoms with van der Waals surface area (Å²) >= 11 is 0. The SMILES string of the molecule is CCn1cc(S(=O)(=O)N2CCCc3c(N)cccc32)nc1C. The van der Waals surface area contributed by atoms with Gasteiger partial charge in [-0.2, -0.15) is 8.42 Å². The van der Waals surface area contributed by atoms with E-state index in [1.165, 1.54) is 4.31 Å². The molecule has 22 heavy (non-hydrogen) atoms. The second-order valence-electron chi connectivity index (χ2n) is 5.44. The Morgan fingerprint density at radius 2 is 2.14 bits per heavy atom. The molecule has 1 aromatic heterocycles. The van der Waals surface area contributed by atoms with Gasteiger partial charge in [0.1, 0.15) is 5.82 Å². The minimum atomic E-state index is -3.66. The molecule has 2 aromatic rings. The van der Waals surface area contributed by atoms with Gasteiger partial charge in [-0.15, -0.1) is 0 Å². The number of nitrogens with two attached hydrogens (primary N) is 1. The first-order valence-electron chi connectivity index (χ1n) is 7.39. The van der Waals surface area contributed by atoms with Crippen molar-refractivity contribution in [3.63, 3.8) is 0 Å². The molecule has 2 N–H and O–H groups in total. The zero-order valence-corrected chi connectivity index (χ0v) is 13.6. The standard InChI is InChI=1S/C15H20N4O2S/c1-3-18-10-15(17-11(18)2)22(20,21)19-9-5-6-12-13(16)7-4-8-14(12)19/h4,7-8,10H,3,5-6,9,16H2,1-2H3. The zero-order chi connectivity index (χ0) is 15.9. The van der Waals surface area contributed by atoms with E-state index in [-0.39, 0.29) is 5.03 Å². The molecule has 0 unspecified atom stereocenters. The Labute approximate surface area is 130 Å². The van der Waals surface area contributed by atoms with Crippen LogP contribution in [0.25, 0.3) is 0 Å². The zero-order valence-electron chi connectivity index (χ0n) is 12.8. The second-order valence-corrected chi connectivity index (χ2v) is 7.25. The lowest BCUT2D eigenvalue weighted by molar-refractivity contribution is 0.583. The summed E-state index contributed by atoms with van der Waals surface area (Å²) in [4.78, 5) is 4.23. The van der Waals surface area contributed by atoms with E-state index >= 15 is 0 Å². The highest BCUT2D eigenvalue weighted by molar-refractivity contribution is 7.92. The molecular formula is C15H20N4O2S. The maximum atomic E-state index is 13.0. The maximum absolute atomic E-state index is 13.0. The molecule has 7 heteroatoms. The summed E-state index contributed by atoms with van der Waals surface area (Å²) in [6.45, 7) is 4.92. The van der Waals surface area contributed by atoms with Gasteiger partial charge in [-0.3, -0.25) is 4.31 Å². The topological polar surface area (TPSA) is 81.2 Å². The van der Waals surface area contributed by atoms with Gasteiger partial charge in [-0.25, -0.2) is 4.98 Å². The van der Waals surface area contributed by atoms with Crippen molar-refractivity contribution in [1.29, 1.82) is 0 Å². The molecule has 1 aromatic carbocycles. The number of fused-ring (bicyclic) bond motifs is 1. The molecule has 118 valence electrons. The lowest BCUT2D eigenvalue weighted by atomic mass is 10.0. The molecular weight excluding hydrogens is 300 g/mol. The number of hydrogen-bond acceptors (Lipinski definition) is 4. The van der Waals surface area contributed by atoms with Gasteiger partial charge in [-0.05, 0) is 44.4 Å². The Bertz CT molecular complexity index is 811. The maximum Gasteiger partial charge on any atom is 0.283 e. The number of aromatic nitrogens is 2. The van der Waals surface area contributed by atoms with Crippen LogP contribution < -0.4 is 10.0 Å². The van der Waals surface area contributed by atoms with Crippen LogP contribution in [-0.2, 0) is 23.0 Å². The number of anilines is 2. The average molecular weight is 320 g/mol. The third-order valence-electron chi connectivity index (χ3n) is 4.09. The Morgan fingerprint density at radius 1 is 1.36 bits per heavy atom. The van der Waals surface area contributed by atoms with Crippen molar-refractivity contribution in [1.82, 2.24) is 9.55 Å². The van der Waals surface area contributed by atoms with Crippen molar-refractivity contribution in [3.05, 3.63) is 35.8 Å². The fourth-order valence-electron chi connectivity index (χ4n) is 2.90. The van der Waals surface area contributed by atoms with Crippen molar-refractivity contribution in [2.75, 3.05) is 16.6 Å². The Morgan fingerprint density at radius 3 is 2.82 bits per heavy atom. The third-order valence-corrected chi connectivity index (χ3v) is 5.78. The summed E-state index contributed by atoms with van der Waals surface area (Å²) in [6.07, 6.45) is 3.16. The van der Waals surface area contributed by atoms with Crippen molar-refractivity contribution < 1.29 is 8.42 Å². The minimum Gasteiger partial charge on any atom is -0.398 e. The first-order valence-corrected chi connectivity index (χ1v) is 8.83. The van der Waals surface area contributed by atoms with E-state index in [9.17, 15) is 8.42 Å². The Kier molecular flexibility index (Phi) is 3.60. The fourth-order valence-corrected chi connectivity index (χ4v) is 4.44. The smallest absolute Gasteiger partial charge is 0.283 e. The van der Waals surface area contributed by atoms with E-state index in [1.54, 1.807) is 12.3 Å². The van der Waals surface area contributed by atoms with Crippen LogP contribution in [0.4, 0.5) is 11.4 Å². The number of nitrogens with zero attached hydrogens (tertiary/aromatic N) is 3. The number of rotatable bonds is 3. The van der Waals surface area contributed by atoms with Gasteiger partial charge in [0.25, 0.3) is 10.0 Å². The molecule has 3 rings (SSSR count). The number of benzene rings is 1. The number of aryl methyl sites for hydroxylation is 2. The van der Waals surface area contributed by atoms with Crippen molar-refractivity contribution in [3.8, 4) is 0 Å². The number of hydrogen-bond donors (Lipinski definition) is 1. The molecule has 1 aliphatic heterocycles. The van der Waals surface area contributed by atoms with Crippen molar-refractivity contribution >= 4 is 21.4 Å². The average Bonchev–Trinajstić information content (AvgIpc) is 2.89. The predicted octanol–water partition coefficient (Wildman–Crippen LogP) is 1.94. The molecule has 0 saturated heterocycles. The van der Waals surface area contributed by atoms with Crippen molar-refractivity contribution in [2.45, 2.75) is 38.3 Å². The Balaban J connectivity index is 2.09. The summed E-state index contributed by atoms with van der Waals surface area (Å²) in [5, 5.41) is 0.0992. The molecule has 0 fully saturated rings. The van der Waals surface area contributed by atoms with Crippen LogP contribution in [-0.4, -0.2) is 24.5 Å². The predicted molar refractivity (Wildman–Crippen MR) is 86.3 cm³/mol. The van der Waals surface area contributed by atoms with Gasteiger partial charge < -0.3 is 10.3 Å². The van der Waals surface area contributed by atoms with Crippen molar-refractivity contribution in [2.24, 2.45) is 0 Å². The molecule has 0 atom stereocenters. The van der Waals surface area contributed by atoms with Gasteiger partial charge in [0.05, 0.1) is 5.69 Å². The first-order chi connectivity index (χ1) is 10.4. The van der Waals surface area contributed by atoms with Crippen LogP contribution in [0.15, 0.2) is 29.4 Å². The molecule has 0 aliphatic carbocycles. The normalized spacial score (nSPS) is 14.9. The van der Waals surface area contributed by atoms with E-state index in [4.69, 9.17) is 5.73 Å². The summed E-state index contributed by atoms with van der Waals surface area (Å²) in [5.41, 5.74) is 8.22. The fraction of sp³-hybridized carbons (Fsp3) is 0.400.